The van der Waals surface area contributed by atoms with Crippen LogP contribution in [0, 0.1) is 0 Å². The molecule has 2 aromatic heterocycles. The van der Waals surface area contributed by atoms with Crippen molar-refractivity contribution in [3.8, 4) is 0 Å². The zero-order chi connectivity index (χ0) is 14.5. The molecule has 5 heteroatoms. The van der Waals surface area contributed by atoms with Gasteiger partial charge in [-0.25, -0.2) is 9.97 Å². The zero-order valence-corrected chi connectivity index (χ0v) is 13.6. The molecule has 0 saturated carbocycles. The number of hydrogen-bond acceptors (Lipinski definition) is 5. The van der Waals surface area contributed by atoms with E-state index >= 15 is 0 Å². The summed E-state index contributed by atoms with van der Waals surface area (Å²) in [7, 11) is 0. The Kier molecular flexibility index (Phi) is 5.04. The normalized spacial score (nSPS) is 17.0. The van der Waals surface area contributed by atoms with Crippen molar-refractivity contribution in [1.29, 1.82) is 0 Å². The van der Waals surface area contributed by atoms with E-state index in [1.807, 2.05) is 0 Å². The van der Waals surface area contributed by atoms with Gasteiger partial charge in [-0.1, -0.05) is 19.8 Å². The second-order valence-corrected chi connectivity index (χ2v) is 6.64. The van der Waals surface area contributed by atoms with Crippen molar-refractivity contribution in [3.63, 3.8) is 0 Å². The Balaban J connectivity index is 1.80. The minimum atomic E-state index is 0.884. The molecule has 3 heterocycles. The van der Waals surface area contributed by atoms with Crippen LogP contribution < -0.4 is 5.32 Å². The molecule has 0 radical (unpaired) electrons. The van der Waals surface area contributed by atoms with Crippen molar-refractivity contribution >= 4 is 27.4 Å². The first-order valence-corrected chi connectivity index (χ1v) is 8.95. The summed E-state index contributed by atoms with van der Waals surface area (Å²) in [6.45, 7) is 6.39. The summed E-state index contributed by atoms with van der Waals surface area (Å²) >= 11 is 1.71. The fraction of sp³-hybridized carbons (Fsp3) is 0.625. The minimum absolute atomic E-state index is 0.884. The smallest absolute Gasteiger partial charge is 0.146 e. The van der Waals surface area contributed by atoms with E-state index in [1.54, 1.807) is 11.3 Å². The van der Waals surface area contributed by atoms with Gasteiger partial charge in [0.2, 0.25) is 0 Å². The first-order chi connectivity index (χ1) is 10.4. The van der Waals surface area contributed by atoms with Gasteiger partial charge < -0.3 is 5.32 Å². The maximum atomic E-state index is 4.78. The Bertz CT molecular complexity index is 573. The molecular formula is C16H24N4S. The van der Waals surface area contributed by atoms with Crippen LogP contribution in [0.4, 0.5) is 5.82 Å². The standard InChI is InChI=1S/C16H24N4S/c1-2-8-17-15-13-7-11-21-16(13)19-14(18-15)12-20-9-5-3-4-6-10-20/h7,11H,2-6,8-10,12H2,1H3,(H,17,18,19). The summed E-state index contributed by atoms with van der Waals surface area (Å²) in [5.41, 5.74) is 0. The van der Waals surface area contributed by atoms with Crippen LogP contribution in [0.25, 0.3) is 10.2 Å². The van der Waals surface area contributed by atoms with E-state index in [-0.39, 0.29) is 0 Å². The number of nitrogens with zero attached hydrogens (tertiary/aromatic N) is 3. The van der Waals surface area contributed by atoms with Crippen LogP contribution in [-0.4, -0.2) is 34.5 Å². The van der Waals surface area contributed by atoms with Gasteiger partial charge in [0.25, 0.3) is 0 Å². The second kappa shape index (κ2) is 7.18. The highest BCUT2D eigenvalue weighted by Gasteiger charge is 2.13. The third-order valence-corrected chi connectivity index (χ3v) is 4.78. The van der Waals surface area contributed by atoms with Crippen LogP contribution in [0.2, 0.25) is 0 Å². The van der Waals surface area contributed by atoms with Crippen LogP contribution in [-0.2, 0) is 6.54 Å². The fourth-order valence-corrected chi connectivity index (χ4v) is 3.63. The quantitative estimate of drug-likeness (QED) is 0.910. The van der Waals surface area contributed by atoms with Crippen molar-refractivity contribution in [3.05, 3.63) is 17.3 Å². The van der Waals surface area contributed by atoms with Gasteiger partial charge in [0.15, 0.2) is 0 Å². The van der Waals surface area contributed by atoms with Crippen molar-refractivity contribution < 1.29 is 0 Å². The zero-order valence-electron chi connectivity index (χ0n) is 12.8. The van der Waals surface area contributed by atoms with E-state index in [4.69, 9.17) is 9.97 Å². The number of nitrogens with one attached hydrogen (secondary N) is 1. The van der Waals surface area contributed by atoms with Crippen molar-refractivity contribution in [2.24, 2.45) is 0 Å². The lowest BCUT2D eigenvalue weighted by molar-refractivity contribution is 0.270. The number of likely N-dealkylation sites (tertiary alicyclic amines) is 1. The molecule has 1 aliphatic rings. The molecule has 0 atom stereocenters. The molecule has 2 aromatic rings. The third-order valence-electron chi connectivity index (χ3n) is 3.98. The number of thiophene rings is 1. The molecule has 114 valence electrons. The Morgan fingerprint density at radius 3 is 2.76 bits per heavy atom. The molecule has 1 saturated heterocycles. The molecule has 0 unspecified atom stereocenters. The first kappa shape index (κ1) is 14.7. The van der Waals surface area contributed by atoms with E-state index in [9.17, 15) is 0 Å². The van der Waals surface area contributed by atoms with Gasteiger partial charge in [0, 0.05) is 6.54 Å². The lowest BCUT2D eigenvalue weighted by Crippen LogP contribution is -2.25. The summed E-state index contributed by atoms with van der Waals surface area (Å²) in [6.07, 6.45) is 6.46. The lowest BCUT2D eigenvalue weighted by atomic mass is 10.2. The van der Waals surface area contributed by atoms with Crippen molar-refractivity contribution in [2.45, 2.75) is 45.6 Å². The monoisotopic (exact) mass is 304 g/mol. The van der Waals surface area contributed by atoms with E-state index in [1.165, 1.54) is 38.8 Å². The Morgan fingerprint density at radius 1 is 1.19 bits per heavy atom. The maximum absolute atomic E-state index is 4.78. The molecule has 0 aliphatic carbocycles. The first-order valence-electron chi connectivity index (χ1n) is 8.07. The number of hydrogen-bond donors (Lipinski definition) is 1. The molecule has 0 amide bonds. The molecule has 0 bridgehead atoms. The number of fused-ring (bicyclic) bond motifs is 1. The number of anilines is 1. The van der Waals surface area contributed by atoms with Gasteiger partial charge in [0.1, 0.15) is 16.5 Å². The molecule has 0 spiro atoms. The highest BCUT2D eigenvalue weighted by molar-refractivity contribution is 7.16. The fourth-order valence-electron chi connectivity index (χ4n) is 2.84. The predicted molar refractivity (Wildman–Crippen MR) is 89.9 cm³/mol. The largest absolute Gasteiger partial charge is 0.369 e. The highest BCUT2D eigenvalue weighted by atomic mass is 32.1. The second-order valence-electron chi connectivity index (χ2n) is 5.75. The molecule has 1 aliphatic heterocycles. The molecular weight excluding hydrogens is 280 g/mol. The van der Waals surface area contributed by atoms with Crippen LogP contribution in [0.3, 0.4) is 0 Å². The lowest BCUT2D eigenvalue weighted by Gasteiger charge is -2.19. The average Bonchev–Trinajstić information content (AvgIpc) is 2.82. The van der Waals surface area contributed by atoms with Crippen molar-refractivity contribution in [2.75, 3.05) is 25.0 Å². The average molecular weight is 304 g/mol. The van der Waals surface area contributed by atoms with E-state index in [2.05, 4.69) is 28.6 Å². The maximum Gasteiger partial charge on any atom is 0.146 e. The number of rotatable bonds is 5. The summed E-state index contributed by atoms with van der Waals surface area (Å²) < 4.78 is 0. The Labute approximate surface area is 130 Å². The van der Waals surface area contributed by atoms with Crippen LogP contribution in [0.1, 0.15) is 44.9 Å². The van der Waals surface area contributed by atoms with E-state index < -0.39 is 0 Å². The molecule has 3 rings (SSSR count). The van der Waals surface area contributed by atoms with Crippen LogP contribution >= 0.6 is 11.3 Å². The summed E-state index contributed by atoms with van der Waals surface area (Å²) in [5.74, 6) is 1.97. The van der Waals surface area contributed by atoms with Crippen LogP contribution in [0.15, 0.2) is 11.4 Å². The summed E-state index contributed by atoms with van der Waals surface area (Å²) in [6, 6.07) is 2.12. The molecule has 4 nitrogen and oxygen atoms in total. The highest BCUT2D eigenvalue weighted by Crippen LogP contribution is 2.25. The number of aromatic nitrogens is 2. The molecule has 21 heavy (non-hydrogen) atoms. The molecule has 1 N–H and O–H groups in total. The summed E-state index contributed by atoms with van der Waals surface area (Å²) in [4.78, 5) is 13.1. The van der Waals surface area contributed by atoms with E-state index in [0.29, 0.717) is 0 Å². The molecule has 0 aromatic carbocycles. The van der Waals surface area contributed by atoms with Gasteiger partial charge in [-0.3, -0.25) is 4.90 Å². The Hall–Kier alpha value is -1.20. The predicted octanol–water partition coefficient (Wildman–Crippen LogP) is 3.89. The SMILES string of the molecule is CCCNc1nc(CN2CCCCCC2)nc2sccc12. The van der Waals surface area contributed by atoms with Gasteiger partial charge >= 0.3 is 0 Å². The molecule has 1 fully saturated rings. The van der Waals surface area contributed by atoms with Gasteiger partial charge in [0.05, 0.1) is 11.9 Å². The topological polar surface area (TPSA) is 41.1 Å². The van der Waals surface area contributed by atoms with Crippen molar-refractivity contribution in [1.82, 2.24) is 14.9 Å². The summed E-state index contributed by atoms with van der Waals surface area (Å²) in [5, 5.41) is 6.71. The van der Waals surface area contributed by atoms with Crippen LogP contribution in [0.5, 0.6) is 0 Å². The Morgan fingerprint density at radius 2 is 2.00 bits per heavy atom. The minimum Gasteiger partial charge on any atom is -0.369 e. The van der Waals surface area contributed by atoms with Gasteiger partial charge in [-0.15, -0.1) is 11.3 Å². The third kappa shape index (κ3) is 3.71. The van der Waals surface area contributed by atoms with E-state index in [0.717, 1.165) is 41.4 Å². The van der Waals surface area contributed by atoms with Gasteiger partial charge in [-0.2, -0.15) is 0 Å². The van der Waals surface area contributed by atoms with Gasteiger partial charge in [-0.05, 0) is 43.8 Å².